The number of benzene rings is 3. The van der Waals surface area contributed by atoms with Crippen LogP contribution in [-0.2, 0) is 4.79 Å². The molecule has 32 heavy (non-hydrogen) atoms. The van der Waals surface area contributed by atoms with Crippen molar-refractivity contribution in [2.75, 3.05) is 32.8 Å². The summed E-state index contributed by atoms with van der Waals surface area (Å²) in [7, 11) is 0. The molecule has 3 aromatic rings. The first kappa shape index (κ1) is 22.1. The molecule has 1 aliphatic rings. The number of carbonyl (C=O) groups excluding carboxylic acids is 1. The van der Waals surface area contributed by atoms with Gasteiger partial charge in [0.05, 0.1) is 12.6 Å². The fourth-order valence-corrected chi connectivity index (χ4v) is 4.32. The summed E-state index contributed by atoms with van der Waals surface area (Å²) in [6.07, 6.45) is 1.27. The van der Waals surface area contributed by atoms with Crippen LogP contribution in [0.4, 0.5) is 0 Å². The quantitative estimate of drug-likeness (QED) is 0.469. The Kier molecular flexibility index (Phi) is 7.57. The molecule has 4 nitrogen and oxygen atoms in total. The van der Waals surface area contributed by atoms with E-state index in [1.807, 2.05) is 29.2 Å². The predicted molar refractivity (Wildman–Crippen MR) is 129 cm³/mol. The lowest BCUT2D eigenvalue weighted by Crippen LogP contribution is -2.49. The molecule has 0 atom stereocenters. The molecule has 1 amide bonds. The summed E-state index contributed by atoms with van der Waals surface area (Å²) in [4.78, 5) is 17.2. The van der Waals surface area contributed by atoms with Gasteiger partial charge in [0.15, 0.2) is 0 Å². The summed E-state index contributed by atoms with van der Waals surface area (Å²) < 4.78 is 5.77. The van der Waals surface area contributed by atoms with Crippen LogP contribution >= 0.6 is 0 Å². The minimum atomic E-state index is 0.220. The second-order valence-corrected chi connectivity index (χ2v) is 8.41. The highest BCUT2D eigenvalue weighted by Gasteiger charge is 2.27. The van der Waals surface area contributed by atoms with E-state index in [2.05, 4.69) is 72.5 Å². The van der Waals surface area contributed by atoms with Crippen molar-refractivity contribution in [3.8, 4) is 5.75 Å². The predicted octanol–water partition coefficient (Wildman–Crippen LogP) is 5.09. The van der Waals surface area contributed by atoms with Gasteiger partial charge in [-0.05, 0) is 36.6 Å². The van der Waals surface area contributed by atoms with Crippen molar-refractivity contribution < 1.29 is 9.53 Å². The molecule has 0 aliphatic carbocycles. The van der Waals surface area contributed by atoms with Gasteiger partial charge in [-0.25, -0.2) is 0 Å². The Hall–Kier alpha value is -3.11. The summed E-state index contributed by atoms with van der Waals surface area (Å²) >= 11 is 0. The maximum Gasteiger partial charge on any atom is 0.222 e. The summed E-state index contributed by atoms with van der Waals surface area (Å²) in [6.45, 7) is 5.92. The third-order valence-corrected chi connectivity index (χ3v) is 6.09. The largest absolute Gasteiger partial charge is 0.494 e. The number of amides is 1. The van der Waals surface area contributed by atoms with Crippen LogP contribution < -0.4 is 4.74 Å². The molecular weight excluding hydrogens is 396 g/mol. The van der Waals surface area contributed by atoms with E-state index >= 15 is 0 Å². The minimum Gasteiger partial charge on any atom is -0.494 e. The van der Waals surface area contributed by atoms with Crippen LogP contribution in [0.3, 0.4) is 0 Å². The van der Waals surface area contributed by atoms with Gasteiger partial charge in [-0.15, -0.1) is 0 Å². The maximum atomic E-state index is 12.7. The molecule has 0 unspecified atom stereocenters. The highest BCUT2D eigenvalue weighted by Crippen LogP contribution is 2.29. The van der Waals surface area contributed by atoms with Crippen LogP contribution in [0.15, 0.2) is 84.9 Å². The molecule has 1 aliphatic heterocycles. The number of ether oxygens (including phenoxy) is 1. The molecule has 0 bridgehead atoms. The minimum absolute atomic E-state index is 0.220. The monoisotopic (exact) mass is 428 g/mol. The Morgan fingerprint density at radius 2 is 1.38 bits per heavy atom. The first-order chi connectivity index (χ1) is 15.7. The molecule has 1 saturated heterocycles. The van der Waals surface area contributed by atoms with Gasteiger partial charge in [0.2, 0.25) is 5.91 Å². The van der Waals surface area contributed by atoms with E-state index in [1.54, 1.807) is 0 Å². The smallest absolute Gasteiger partial charge is 0.222 e. The lowest BCUT2D eigenvalue weighted by Gasteiger charge is -2.40. The maximum absolute atomic E-state index is 12.7. The third-order valence-electron chi connectivity index (χ3n) is 6.09. The second kappa shape index (κ2) is 11.0. The molecule has 166 valence electrons. The number of nitrogens with zero attached hydrogens (tertiary/aromatic N) is 2. The van der Waals surface area contributed by atoms with E-state index in [-0.39, 0.29) is 11.9 Å². The number of hydrogen-bond acceptors (Lipinski definition) is 3. The molecule has 1 fully saturated rings. The summed E-state index contributed by atoms with van der Waals surface area (Å²) in [5.74, 6) is 1.10. The number of carbonyl (C=O) groups is 1. The van der Waals surface area contributed by atoms with Gasteiger partial charge in [-0.2, -0.15) is 0 Å². The molecule has 0 spiro atoms. The number of hydrogen-bond donors (Lipinski definition) is 0. The van der Waals surface area contributed by atoms with Crippen molar-refractivity contribution in [2.45, 2.75) is 25.8 Å². The fourth-order valence-electron chi connectivity index (χ4n) is 4.32. The standard InChI is InChI=1S/C28H32N2O2/c1-23-14-16-26(17-15-23)32-22-8-13-27(31)29-18-20-30(21-19-29)28(24-9-4-2-5-10-24)25-11-6-3-7-12-25/h2-7,9-12,14-17,28H,8,13,18-22H2,1H3. The molecule has 4 rings (SSSR count). The van der Waals surface area contributed by atoms with Gasteiger partial charge < -0.3 is 9.64 Å². The zero-order valence-electron chi connectivity index (χ0n) is 18.8. The van der Waals surface area contributed by atoms with Crippen molar-refractivity contribution in [1.82, 2.24) is 9.80 Å². The summed E-state index contributed by atoms with van der Waals surface area (Å²) in [5, 5.41) is 0. The van der Waals surface area contributed by atoms with E-state index < -0.39 is 0 Å². The first-order valence-electron chi connectivity index (χ1n) is 11.5. The number of rotatable bonds is 8. The van der Waals surface area contributed by atoms with Gasteiger partial charge in [0.1, 0.15) is 5.75 Å². The van der Waals surface area contributed by atoms with Gasteiger partial charge in [-0.3, -0.25) is 9.69 Å². The number of piperazine rings is 1. The van der Waals surface area contributed by atoms with Crippen LogP contribution in [0.25, 0.3) is 0 Å². The van der Waals surface area contributed by atoms with E-state index in [9.17, 15) is 4.79 Å². The summed E-state index contributed by atoms with van der Waals surface area (Å²) in [5.41, 5.74) is 3.81. The van der Waals surface area contributed by atoms with Crippen molar-refractivity contribution >= 4 is 5.91 Å². The van der Waals surface area contributed by atoms with Crippen LogP contribution in [0.1, 0.15) is 35.6 Å². The molecule has 0 aromatic heterocycles. The number of aryl methyl sites for hydroxylation is 1. The van der Waals surface area contributed by atoms with Gasteiger partial charge in [0, 0.05) is 32.6 Å². The normalized spacial score (nSPS) is 14.5. The Morgan fingerprint density at radius 3 is 1.94 bits per heavy atom. The summed E-state index contributed by atoms with van der Waals surface area (Å²) in [6, 6.07) is 29.6. The molecule has 3 aromatic carbocycles. The van der Waals surface area contributed by atoms with Crippen molar-refractivity contribution in [2.24, 2.45) is 0 Å². The topological polar surface area (TPSA) is 32.8 Å². The van der Waals surface area contributed by atoms with Gasteiger partial charge >= 0.3 is 0 Å². The van der Waals surface area contributed by atoms with Crippen LogP contribution in [0, 0.1) is 6.92 Å². The highest BCUT2D eigenvalue weighted by molar-refractivity contribution is 5.76. The Morgan fingerprint density at radius 1 is 0.812 bits per heavy atom. The van der Waals surface area contributed by atoms with E-state index in [0.717, 1.165) is 38.3 Å². The second-order valence-electron chi connectivity index (χ2n) is 8.41. The molecule has 4 heteroatoms. The lowest BCUT2D eigenvalue weighted by molar-refractivity contribution is -0.133. The SMILES string of the molecule is Cc1ccc(OCCCC(=O)N2CCN(C(c3ccccc3)c3ccccc3)CC2)cc1. The Balaban J connectivity index is 1.28. The van der Waals surface area contributed by atoms with Crippen molar-refractivity contribution in [1.29, 1.82) is 0 Å². The zero-order valence-corrected chi connectivity index (χ0v) is 18.8. The van der Waals surface area contributed by atoms with Gasteiger partial charge in [0.25, 0.3) is 0 Å². The Labute approximate surface area is 191 Å². The van der Waals surface area contributed by atoms with Gasteiger partial charge in [-0.1, -0.05) is 78.4 Å². The van der Waals surface area contributed by atoms with Crippen LogP contribution in [-0.4, -0.2) is 48.5 Å². The average Bonchev–Trinajstić information content (AvgIpc) is 2.85. The average molecular weight is 429 g/mol. The highest BCUT2D eigenvalue weighted by atomic mass is 16.5. The van der Waals surface area contributed by atoms with E-state index in [1.165, 1.54) is 16.7 Å². The van der Waals surface area contributed by atoms with E-state index in [4.69, 9.17) is 4.74 Å². The molecule has 1 heterocycles. The van der Waals surface area contributed by atoms with Crippen LogP contribution in [0.5, 0.6) is 5.75 Å². The molecule has 0 radical (unpaired) electrons. The van der Waals surface area contributed by atoms with Crippen LogP contribution in [0.2, 0.25) is 0 Å². The lowest BCUT2D eigenvalue weighted by atomic mass is 9.96. The molecular formula is C28H32N2O2. The molecule has 0 N–H and O–H groups in total. The van der Waals surface area contributed by atoms with E-state index in [0.29, 0.717) is 13.0 Å². The van der Waals surface area contributed by atoms with Crippen molar-refractivity contribution in [3.05, 3.63) is 102 Å². The first-order valence-corrected chi connectivity index (χ1v) is 11.5. The third kappa shape index (κ3) is 5.77. The Bertz CT molecular complexity index is 926. The fraction of sp³-hybridized carbons (Fsp3) is 0.321. The van der Waals surface area contributed by atoms with Crippen molar-refractivity contribution in [3.63, 3.8) is 0 Å². The zero-order chi connectivity index (χ0) is 22.2. The molecule has 0 saturated carbocycles.